The monoisotopic (exact) mass is 316 g/mol. The highest BCUT2D eigenvalue weighted by atomic mass is 16.5. The second-order valence-corrected chi connectivity index (χ2v) is 5.61. The molecule has 0 amide bonds. The minimum absolute atomic E-state index is 0.532. The van der Waals surface area contributed by atoms with Crippen molar-refractivity contribution in [3.05, 3.63) is 78.1 Å². The lowest BCUT2D eigenvalue weighted by molar-refractivity contribution is 0.428. The van der Waals surface area contributed by atoms with E-state index in [1.807, 2.05) is 44.2 Å². The Bertz CT molecular complexity index is 869. The Kier molecular flexibility index (Phi) is 4.71. The van der Waals surface area contributed by atoms with Crippen LogP contribution in [0.4, 0.5) is 0 Å². The van der Waals surface area contributed by atoms with Crippen LogP contribution in [0.3, 0.4) is 0 Å². The molecule has 1 heterocycles. The molecule has 0 radical (unpaired) electrons. The van der Waals surface area contributed by atoms with Crippen molar-refractivity contribution >= 4 is 5.57 Å². The van der Waals surface area contributed by atoms with Gasteiger partial charge in [-0.2, -0.15) is 4.98 Å². The van der Waals surface area contributed by atoms with Gasteiger partial charge in [0.15, 0.2) is 0 Å². The maximum Gasteiger partial charge on any atom is 0.258 e. The van der Waals surface area contributed by atoms with Gasteiger partial charge >= 0.3 is 0 Å². The Hall–Kier alpha value is -2.94. The topological polar surface area (TPSA) is 38.9 Å². The highest BCUT2D eigenvalue weighted by Crippen LogP contribution is 2.25. The van der Waals surface area contributed by atoms with E-state index >= 15 is 0 Å². The fourth-order valence-electron chi connectivity index (χ4n) is 2.49. The van der Waals surface area contributed by atoms with Gasteiger partial charge in [-0.25, -0.2) is 0 Å². The van der Waals surface area contributed by atoms with Gasteiger partial charge in [-0.05, 0) is 44.0 Å². The van der Waals surface area contributed by atoms with E-state index in [9.17, 15) is 0 Å². The molecule has 0 spiro atoms. The molecule has 3 rings (SSSR count). The summed E-state index contributed by atoms with van der Waals surface area (Å²) in [5.41, 5.74) is 5.49. The van der Waals surface area contributed by atoms with Crippen LogP contribution in [0, 0.1) is 6.92 Å². The van der Waals surface area contributed by atoms with Crippen molar-refractivity contribution in [1.82, 2.24) is 10.1 Å². The summed E-state index contributed by atoms with van der Waals surface area (Å²) >= 11 is 0. The third kappa shape index (κ3) is 3.35. The molecule has 3 nitrogen and oxygen atoms in total. The van der Waals surface area contributed by atoms with Gasteiger partial charge in [0.25, 0.3) is 5.89 Å². The van der Waals surface area contributed by atoms with Gasteiger partial charge in [-0.15, -0.1) is 0 Å². The number of allylic oxidation sites excluding steroid dienone is 4. The van der Waals surface area contributed by atoms with Crippen molar-refractivity contribution in [2.45, 2.75) is 20.8 Å². The summed E-state index contributed by atoms with van der Waals surface area (Å²) in [6.07, 6.45) is 5.89. The highest BCUT2D eigenvalue weighted by Gasteiger charge is 2.10. The fraction of sp³-hybridized carbons (Fsp3) is 0.143. The molecule has 0 aliphatic carbocycles. The molecule has 24 heavy (non-hydrogen) atoms. The quantitative estimate of drug-likeness (QED) is 0.580. The predicted octanol–water partition coefficient (Wildman–Crippen LogP) is 5.69. The molecule has 0 unspecified atom stereocenters. The number of nitrogens with zero attached hydrogens (tertiary/aromatic N) is 2. The van der Waals surface area contributed by atoms with E-state index in [2.05, 4.69) is 53.5 Å². The number of aryl methyl sites for hydroxylation is 1. The Morgan fingerprint density at radius 3 is 2.04 bits per heavy atom. The molecule has 1 aromatic heterocycles. The molecular weight excluding hydrogens is 296 g/mol. The zero-order chi connectivity index (χ0) is 16.9. The standard InChI is InChI=1S/C21H20N2O/c1-4-6-16(5-2)20-22-21(24-23-20)19-13-11-18(12-14-19)17-9-7-15(3)8-10-17/h4-14H,1-3H3. The van der Waals surface area contributed by atoms with E-state index in [4.69, 9.17) is 4.52 Å². The molecule has 0 atom stereocenters. The largest absolute Gasteiger partial charge is 0.334 e. The first-order valence-corrected chi connectivity index (χ1v) is 8.02. The minimum atomic E-state index is 0.532. The van der Waals surface area contributed by atoms with E-state index in [0.29, 0.717) is 11.7 Å². The molecule has 2 aromatic carbocycles. The van der Waals surface area contributed by atoms with Crippen molar-refractivity contribution in [2.75, 3.05) is 0 Å². The normalized spacial score (nSPS) is 12.0. The summed E-state index contributed by atoms with van der Waals surface area (Å²) in [5, 5.41) is 4.07. The van der Waals surface area contributed by atoms with Gasteiger partial charge in [0, 0.05) is 11.1 Å². The van der Waals surface area contributed by atoms with E-state index in [-0.39, 0.29) is 0 Å². The van der Waals surface area contributed by atoms with Crippen molar-refractivity contribution < 1.29 is 4.52 Å². The molecule has 0 saturated heterocycles. The summed E-state index contributed by atoms with van der Waals surface area (Å²) in [5.74, 6) is 1.14. The molecule has 120 valence electrons. The van der Waals surface area contributed by atoms with Crippen molar-refractivity contribution in [3.63, 3.8) is 0 Å². The number of hydrogen-bond acceptors (Lipinski definition) is 3. The van der Waals surface area contributed by atoms with Crippen molar-refractivity contribution in [3.8, 4) is 22.6 Å². The van der Waals surface area contributed by atoms with Gasteiger partial charge in [-0.1, -0.05) is 65.3 Å². The molecule has 3 aromatic rings. The van der Waals surface area contributed by atoms with Crippen LogP contribution >= 0.6 is 0 Å². The molecule has 0 N–H and O–H groups in total. The van der Waals surface area contributed by atoms with E-state index in [0.717, 1.165) is 11.1 Å². The summed E-state index contributed by atoms with van der Waals surface area (Å²) in [6, 6.07) is 16.7. The Morgan fingerprint density at radius 1 is 0.875 bits per heavy atom. The maximum absolute atomic E-state index is 5.41. The smallest absolute Gasteiger partial charge is 0.258 e. The Morgan fingerprint density at radius 2 is 1.46 bits per heavy atom. The second-order valence-electron chi connectivity index (χ2n) is 5.61. The number of hydrogen-bond donors (Lipinski definition) is 0. The average Bonchev–Trinajstić information content (AvgIpc) is 3.10. The number of benzene rings is 2. The lowest BCUT2D eigenvalue weighted by atomic mass is 10.0. The van der Waals surface area contributed by atoms with Crippen molar-refractivity contribution in [2.24, 2.45) is 0 Å². The summed E-state index contributed by atoms with van der Waals surface area (Å²) in [6.45, 7) is 6.02. The van der Waals surface area contributed by atoms with E-state index < -0.39 is 0 Å². The first-order valence-electron chi connectivity index (χ1n) is 8.02. The Labute approximate surface area is 142 Å². The fourth-order valence-corrected chi connectivity index (χ4v) is 2.49. The third-order valence-corrected chi connectivity index (χ3v) is 3.86. The van der Waals surface area contributed by atoms with Crippen LogP contribution in [0.15, 0.2) is 71.3 Å². The zero-order valence-electron chi connectivity index (χ0n) is 14.2. The minimum Gasteiger partial charge on any atom is -0.334 e. The Balaban J connectivity index is 1.86. The molecule has 0 aliphatic heterocycles. The van der Waals surface area contributed by atoms with E-state index in [1.165, 1.54) is 16.7 Å². The van der Waals surface area contributed by atoms with Crippen LogP contribution in [0.2, 0.25) is 0 Å². The van der Waals surface area contributed by atoms with Crippen LogP contribution in [0.5, 0.6) is 0 Å². The molecule has 0 fully saturated rings. The van der Waals surface area contributed by atoms with Gasteiger partial charge in [0.1, 0.15) is 0 Å². The second kappa shape index (κ2) is 7.09. The lowest BCUT2D eigenvalue weighted by Gasteiger charge is -2.03. The van der Waals surface area contributed by atoms with E-state index in [1.54, 1.807) is 0 Å². The molecule has 0 bridgehead atoms. The van der Waals surface area contributed by atoms with Crippen LogP contribution in [0.1, 0.15) is 25.2 Å². The molecule has 0 aliphatic rings. The summed E-state index contributed by atoms with van der Waals surface area (Å²) < 4.78 is 5.41. The predicted molar refractivity (Wildman–Crippen MR) is 98.4 cm³/mol. The number of rotatable bonds is 4. The molecular formula is C21H20N2O. The first kappa shape index (κ1) is 15.9. The van der Waals surface area contributed by atoms with Gasteiger partial charge in [0.2, 0.25) is 5.82 Å². The lowest BCUT2D eigenvalue weighted by Crippen LogP contribution is -1.84. The van der Waals surface area contributed by atoms with Gasteiger partial charge in [0.05, 0.1) is 0 Å². The first-order chi connectivity index (χ1) is 11.7. The van der Waals surface area contributed by atoms with Gasteiger partial charge in [-0.3, -0.25) is 0 Å². The van der Waals surface area contributed by atoms with Crippen LogP contribution in [0.25, 0.3) is 28.2 Å². The van der Waals surface area contributed by atoms with Crippen LogP contribution in [-0.4, -0.2) is 10.1 Å². The SMILES string of the molecule is CC=CC(=CC)c1noc(-c2ccc(-c3ccc(C)cc3)cc2)n1. The average molecular weight is 316 g/mol. The molecule has 0 saturated carbocycles. The van der Waals surface area contributed by atoms with Crippen LogP contribution in [-0.2, 0) is 0 Å². The zero-order valence-corrected chi connectivity index (χ0v) is 14.2. The third-order valence-electron chi connectivity index (χ3n) is 3.86. The molecule has 3 heteroatoms. The number of aromatic nitrogens is 2. The summed E-state index contributed by atoms with van der Waals surface area (Å²) in [7, 11) is 0. The van der Waals surface area contributed by atoms with Gasteiger partial charge < -0.3 is 4.52 Å². The maximum atomic E-state index is 5.41. The van der Waals surface area contributed by atoms with Crippen molar-refractivity contribution in [1.29, 1.82) is 0 Å². The van der Waals surface area contributed by atoms with Crippen LogP contribution < -0.4 is 0 Å². The highest BCUT2D eigenvalue weighted by molar-refractivity contribution is 5.71. The summed E-state index contributed by atoms with van der Waals surface area (Å²) in [4.78, 5) is 4.49.